The lowest BCUT2D eigenvalue weighted by atomic mass is 9.84. The highest BCUT2D eigenvalue weighted by molar-refractivity contribution is 5.29. The van der Waals surface area contributed by atoms with E-state index in [2.05, 4.69) is 31.0 Å². The second kappa shape index (κ2) is 3.94. The highest BCUT2D eigenvalue weighted by atomic mass is 16.5. The van der Waals surface area contributed by atoms with Gasteiger partial charge in [0.25, 0.3) is 0 Å². The number of aromatic amines is 1. The van der Waals surface area contributed by atoms with Gasteiger partial charge in [0, 0.05) is 30.3 Å². The van der Waals surface area contributed by atoms with Crippen molar-refractivity contribution in [2.24, 2.45) is 5.73 Å². The summed E-state index contributed by atoms with van der Waals surface area (Å²) in [5.41, 5.74) is 7.43. The van der Waals surface area contributed by atoms with Crippen LogP contribution < -0.4 is 5.73 Å². The van der Waals surface area contributed by atoms with Gasteiger partial charge < -0.3 is 10.5 Å². The first-order valence-electron chi connectivity index (χ1n) is 5.14. The Kier molecular flexibility index (Phi) is 3.21. The molecule has 0 aromatic carbocycles. The molecule has 1 rings (SSSR count). The molecule has 0 fully saturated rings. The van der Waals surface area contributed by atoms with Crippen LogP contribution in [0, 0.1) is 0 Å². The van der Waals surface area contributed by atoms with Gasteiger partial charge in [-0.15, -0.1) is 0 Å². The van der Waals surface area contributed by atoms with Crippen LogP contribution in [0.15, 0.2) is 6.20 Å². The molecule has 4 heteroatoms. The predicted octanol–water partition coefficient (Wildman–Crippen LogP) is 1.53. The Morgan fingerprint density at radius 3 is 2.40 bits per heavy atom. The summed E-state index contributed by atoms with van der Waals surface area (Å²) in [6.45, 7) is 8.82. The molecule has 1 unspecified atom stereocenters. The van der Waals surface area contributed by atoms with Gasteiger partial charge >= 0.3 is 0 Å². The summed E-state index contributed by atoms with van der Waals surface area (Å²) in [4.78, 5) is 0. The quantitative estimate of drug-likeness (QED) is 0.797. The van der Waals surface area contributed by atoms with E-state index in [-0.39, 0.29) is 5.41 Å². The van der Waals surface area contributed by atoms with E-state index in [4.69, 9.17) is 10.5 Å². The van der Waals surface area contributed by atoms with Crippen LogP contribution in [-0.2, 0) is 15.8 Å². The number of methoxy groups -OCH3 is 1. The Labute approximate surface area is 91.2 Å². The van der Waals surface area contributed by atoms with Gasteiger partial charge in [-0.1, -0.05) is 20.8 Å². The summed E-state index contributed by atoms with van der Waals surface area (Å²) in [6.07, 6.45) is 1.80. The first kappa shape index (κ1) is 12.2. The van der Waals surface area contributed by atoms with Crippen LogP contribution in [0.5, 0.6) is 0 Å². The highest BCUT2D eigenvalue weighted by Gasteiger charge is 2.32. The standard InChI is InChI=1S/C11H21N3O/c1-10(2,3)9-8(6-13-14-9)11(4,7-12)15-5/h6H,7,12H2,1-5H3,(H,13,14). The zero-order valence-corrected chi connectivity index (χ0v) is 10.2. The highest BCUT2D eigenvalue weighted by Crippen LogP contribution is 2.32. The van der Waals surface area contributed by atoms with Crippen molar-refractivity contribution in [2.75, 3.05) is 13.7 Å². The maximum Gasteiger partial charge on any atom is 0.105 e. The molecule has 0 radical (unpaired) electrons. The van der Waals surface area contributed by atoms with Crippen molar-refractivity contribution in [1.82, 2.24) is 10.2 Å². The van der Waals surface area contributed by atoms with Gasteiger partial charge in [-0.3, -0.25) is 5.10 Å². The minimum absolute atomic E-state index is 0.0147. The van der Waals surface area contributed by atoms with Crippen LogP contribution in [0.2, 0.25) is 0 Å². The van der Waals surface area contributed by atoms with Gasteiger partial charge in [-0.25, -0.2) is 0 Å². The molecule has 0 amide bonds. The molecule has 0 aliphatic rings. The summed E-state index contributed by atoms with van der Waals surface area (Å²) in [6, 6.07) is 0. The first-order chi connectivity index (χ1) is 6.85. The second-order valence-corrected chi connectivity index (χ2v) is 5.05. The van der Waals surface area contributed by atoms with Gasteiger partial charge in [-0.2, -0.15) is 5.10 Å². The normalized spacial score (nSPS) is 16.4. The van der Waals surface area contributed by atoms with Crippen LogP contribution in [0.3, 0.4) is 0 Å². The van der Waals surface area contributed by atoms with Crippen molar-refractivity contribution in [2.45, 2.75) is 38.7 Å². The Hall–Kier alpha value is -0.870. The monoisotopic (exact) mass is 211 g/mol. The van der Waals surface area contributed by atoms with Gasteiger partial charge in [0.15, 0.2) is 0 Å². The fourth-order valence-corrected chi connectivity index (χ4v) is 1.56. The fraction of sp³-hybridized carbons (Fsp3) is 0.727. The zero-order chi connectivity index (χ0) is 11.7. The van der Waals surface area contributed by atoms with E-state index in [0.29, 0.717) is 6.54 Å². The second-order valence-electron chi connectivity index (χ2n) is 5.05. The minimum atomic E-state index is -0.463. The Balaban J connectivity index is 3.21. The SMILES string of the molecule is COC(C)(CN)c1cn[nH]c1C(C)(C)C. The Morgan fingerprint density at radius 1 is 1.40 bits per heavy atom. The van der Waals surface area contributed by atoms with Gasteiger partial charge in [-0.05, 0) is 6.92 Å². The lowest BCUT2D eigenvalue weighted by Crippen LogP contribution is -2.35. The molecule has 1 aromatic rings. The fourth-order valence-electron chi connectivity index (χ4n) is 1.56. The third-order valence-electron chi connectivity index (χ3n) is 2.80. The minimum Gasteiger partial charge on any atom is -0.372 e. The number of hydrogen-bond acceptors (Lipinski definition) is 3. The topological polar surface area (TPSA) is 63.9 Å². The molecule has 0 bridgehead atoms. The number of rotatable bonds is 3. The third kappa shape index (κ3) is 2.21. The first-order valence-corrected chi connectivity index (χ1v) is 5.14. The average molecular weight is 211 g/mol. The summed E-state index contributed by atoms with van der Waals surface area (Å²) >= 11 is 0. The molecule has 15 heavy (non-hydrogen) atoms. The van der Waals surface area contributed by atoms with E-state index >= 15 is 0 Å². The molecule has 0 aliphatic heterocycles. The molecule has 86 valence electrons. The average Bonchev–Trinajstić information content (AvgIpc) is 2.65. The smallest absolute Gasteiger partial charge is 0.105 e. The number of nitrogens with two attached hydrogens (primary N) is 1. The van der Waals surface area contributed by atoms with Crippen LogP contribution in [-0.4, -0.2) is 23.9 Å². The van der Waals surface area contributed by atoms with E-state index in [1.54, 1.807) is 13.3 Å². The molecule has 3 N–H and O–H groups in total. The molecule has 0 saturated heterocycles. The van der Waals surface area contributed by atoms with Crippen molar-refractivity contribution in [1.29, 1.82) is 0 Å². The molecule has 4 nitrogen and oxygen atoms in total. The number of nitrogens with one attached hydrogen (secondary N) is 1. The van der Waals surface area contributed by atoms with Crippen LogP contribution >= 0.6 is 0 Å². The molecule has 0 aliphatic carbocycles. The number of H-pyrrole nitrogens is 1. The molecule has 0 saturated carbocycles. The van der Waals surface area contributed by atoms with Crippen LogP contribution in [0.25, 0.3) is 0 Å². The lowest BCUT2D eigenvalue weighted by molar-refractivity contribution is 0.00870. The van der Waals surface area contributed by atoms with Crippen molar-refractivity contribution >= 4 is 0 Å². The number of ether oxygens (including phenoxy) is 1. The van der Waals surface area contributed by atoms with E-state index in [9.17, 15) is 0 Å². The summed E-state index contributed by atoms with van der Waals surface area (Å²) < 4.78 is 5.48. The summed E-state index contributed by atoms with van der Waals surface area (Å²) in [5.74, 6) is 0. The molecule has 1 heterocycles. The Bertz CT molecular complexity index is 321. The van der Waals surface area contributed by atoms with Crippen LogP contribution in [0.4, 0.5) is 0 Å². The van der Waals surface area contributed by atoms with Crippen molar-refractivity contribution in [3.63, 3.8) is 0 Å². The zero-order valence-electron chi connectivity index (χ0n) is 10.2. The number of hydrogen-bond donors (Lipinski definition) is 2. The third-order valence-corrected chi connectivity index (χ3v) is 2.80. The van der Waals surface area contributed by atoms with Crippen molar-refractivity contribution in [3.8, 4) is 0 Å². The number of nitrogens with zero attached hydrogens (tertiary/aromatic N) is 1. The lowest BCUT2D eigenvalue weighted by Gasteiger charge is -2.29. The maximum atomic E-state index is 5.75. The van der Waals surface area contributed by atoms with Gasteiger partial charge in [0.1, 0.15) is 5.60 Å². The summed E-state index contributed by atoms with van der Waals surface area (Å²) in [5, 5.41) is 7.12. The molecular weight excluding hydrogens is 190 g/mol. The molecule has 1 aromatic heterocycles. The number of aromatic nitrogens is 2. The van der Waals surface area contributed by atoms with E-state index < -0.39 is 5.60 Å². The van der Waals surface area contributed by atoms with E-state index in [1.807, 2.05) is 6.92 Å². The maximum absolute atomic E-state index is 5.75. The molecular formula is C11H21N3O. The van der Waals surface area contributed by atoms with Gasteiger partial charge in [0.05, 0.1) is 6.20 Å². The van der Waals surface area contributed by atoms with E-state index in [1.165, 1.54) is 0 Å². The van der Waals surface area contributed by atoms with Gasteiger partial charge in [0.2, 0.25) is 0 Å². The van der Waals surface area contributed by atoms with Crippen LogP contribution in [0.1, 0.15) is 39.0 Å². The molecule has 1 atom stereocenters. The summed E-state index contributed by atoms with van der Waals surface area (Å²) in [7, 11) is 1.67. The van der Waals surface area contributed by atoms with Crippen molar-refractivity contribution < 1.29 is 4.74 Å². The van der Waals surface area contributed by atoms with E-state index in [0.717, 1.165) is 11.3 Å². The Morgan fingerprint density at radius 2 is 2.00 bits per heavy atom. The predicted molar refractivity (Wildman–Crippen MR) is 60.7 cm³/mol. The molecule has 0 spiro atoms. The van der Waals surface area contributed by atoms with Crippen molar-refractivity contribution in [3.05, 3.63) is 17.5 Å². The largest absolute Gasteiger partial charge is 0.372 e.